The minimum Gasteiger partial charge on any atom is -0.497 e. The summed E-state index contributed by atoms with van der Waals surface area (Å²) in [6, 6.07) is 9.28. The summed E-state index contributed by atoms with van der Waals surface area (Å²) in [5, 5.41) is 13.7. The van der Waals surface area contributed by atoms with Crippen LogP contribution in [0.1, 0.15) is 34.5 Å². The molecule has 0 spiro atoms. The highest BCUT2D eigenvalue weighted by Crippen LogP contribution is 2.29. The maximum Gasteiger partial charge on any atom is 0.272 e. The van der Waals surface area contributed by atoms with Crippen molar-refractivity contribution in [2.75, 3.05) is 14.2 Å². The lowest BCUT2D eigenvalue weighted by Crippen LogP contribution is -2.27. The Morgan fingerprint density at radius 3 is 2.44 bits per heavy atom. The van der Waals surface area contributed by atoms with Crippen molar-refractivity contribution in [2.24, 2.45) is 0 Å². The molecule has 0 aromatic heterocycles. The Morgan fingerprint density at radius 2 is 1.88 bits per heavy atom. The van der Waals surface area contributed by atoms with Crippen LogP contribution < -0.4 is 14.8 Å². The molecule has 7 heteroatoms. The number of amides is 1. The monoisotopic (exact) mass is 344 g/mol. The number of aryl methyl sites for hydroxylation is 1. The van der Waals surface area contributed by atoms with Gasteiger partial charge in [0.25, 0.3) is 11.6 Å². The highest BCUT2D eigenvalue weighted by atomic mass is 16.6. The number of ether oxygens (including phenoxy) is 2. The minimum absolute atomic E-state index is 0.0148. The normalized spacial score (nSPS) is 11.5. The number of benzene rings is 2. The molecule has 1 atom stereocenters. The van der Waals surface area contributed by atoms with E-state index in [1.165, 1.54) is 18.2 Å². The minimum atomic E-state index is -0.471. The van der Waals surface area contributed by atoms with E-state index in [2.05, 4.69) is 5.32 Å². The van der Waals surface area contributed by atoms with Gasteiger partial charge < -0.3 is 14.8 Å². The fourth-order valence-electron chi connectivity index (χ4n) is 2.54. The zero-order chi connectivity index (χ0) is 18.6. The van der Waals surface area contributed by atoms with Crippen molar-refractivity contribution in [3.05, 3.63) is 63.2 Å². The quantitative estimate of drug-likeness (QED) is 0.640. The molecule has 0 aliphatic rings. The van der Waals surface area contributed by atoms with Crippen LogP contribution in [0.4, 0.5) is 5.69 Å². The number of methoxy groups -OCH3 is 2. The lowest BCUT2D eigenvalue weighted by molar-refractivity contribution is -0.385. The molecule has 7 nitrogen and oxygen atoms in total. The van der Waals surface area contributed by atoms with Crippen molar-refractivity contribution in [2.45, 2.75) is 19.9 Å². The van der Waals surface area contributed by atoms with E-state index in [0.29, 0.717) is 22.6 Å². The molecule has 0 aliphatic heterocycles. The van der Waals surface area contributed by atoms with Crippen LogP contribution in [0, 0.1) is 17.0 Å². The molecule has 0 heterocycles. The summed E-state index contributed by atoms with van der Waals surface area (Å²) in [5.74, 6) is 0.965. The molecule has 0 fully saturated rings. The van der Waals surface area contributed by atoms with Gasteiger partial charge in [0.2, 0.25) is 0 Å². The molecule has 0 saturated heterocycles. The smallest absolute Gasteiger partial charge is 0.272 e. The lowest BCUT2D eigenvalue weighted by atomic mass is 10.0. The van der Waals surface area contributed by atoms with Gasteiger partial charge in [0.15, 0.2) is 0 Å². The predicted octanol–water partition coefficient (Wildman–Crippen LogP) is 3.41. The molecule has 1 amide bonds. The molecule has 0 bridgehead atoms. The first-order chi connectivity index (χ1) is 11.9. The van der Waals surface area contributed by atoms with Gasteiger partial charge in [-0.05, 0) is 44.2 Å². The first kappa shape index (κ1) is 18.3. The molecule has 0 unspecified atom stereocenters. The van der Waals surface area contributed by atoms with Gasteiger partial charge in [-0.2, -0.15) is 0 Å². The third kappa shape index (κ3) is 4.06. The van der Waals surface area contributed by atoms with Gasteiger partial charge in [-0.25, -0.2) is 0 Å². The SMILES string of the molecule is COc1ccc(OC)c([C@@H](C)NC(=O)c2ccc([N+](=O)[O-])c(C)c2)c1. The van der Waals surface area contributed by atoms with E-state index in [4.69, 9.17) is 9.47 Å². The largest absolute Gasteiger partial charge is 0.497 e. The number of nitrogens with one attached hydrogen (secondary N) is 1. The molecule has 2 rings (SSSR count). The van der Waals surface area contributed by atoms with Gasteiger partial charge in [-0.3, -0.25) is 14.9 Å². The number of nitro groups is 1. The number of hydrogen-bond donors (Lipinski definition) is 1. The van der Waals surface area contributed by atoms with Crippen molar-refractivity contribution < 1.29 is 19.2 Å². The standard InChI is InChI=1S/C18H20N2O5/c1-11-9-13(5-7-16(11)20(22)23)18(21)19-12(2)15-10-14(24-3)6-8-17(15)25-4/h5-10,12H,1-4H3,(H,19,21)/t12-/m1/s1. The third-order valence-corrected chi connectivity index (χ3v) is 3.91. The molecule has 0 aliphatic carbocycles. The van der Waals surface area contributed by atoms with Crippen molar-refractivity contribution in [1.29, 1.82) is 0 Å². The Balaban J connectivity index is 2.23. The zero-order valence-electron chi connectivity index (χ0n) is 14.5. The summed E-state index contributed by atoms with van der Waals surface area (Å²) in [5.41, 5.74) is 1.55. The summed E-state index contributed by atoms with van der Waals surface area (Å²) in [6.45, 7) is 3.43. The maximum absolute atomic E-state index is 12.5. The number of nitrogens with zero attached hydrogens (tertiary/aromatic N) is 1. The van der Waals surface area contributed by atoms with Gasteiger partial charge in [0, 0.05) is 22.8 Å². The summed E-state index contributed by atoms with van der Waals surface area (Å²) in [4.78, 5) is 22.9. The molecule has 0 radical (unpaired) electrons. The second kappa shape index (κ2) is 7.65. The predicted molar refractivity (Wildman–Crippen MR) is 93.3 cm³/mol. The van der Waals surface area contributed by atoms with E-state index >= 15 is 0 Å². The van der Waals surface area contributed by atoms with Gasteiger partial charge in [-0.15, -0.1) is 0 Å². The maximum atomic E-state index is 12.5. The zero-order valence-corrected chi connectivity index (χ0v) is 14.5. The molecule has 2 aromatic carbocycles. The Kier molecular flexibility index (Phi) is 5.59. The van der Waals surface area contributed by atoms with Gasteiger partial charge >= 0.3 is 0 Å². The van der Waals surface area contributed by atoms with E-state index in [9.17, 15) is 14.9 Å². The first-order valence-corrected chi connectivity index (χ1v) is 7.65. The summed E-state index contributed by atoms with van der Waals surface area (Å²) in [6.07, 6.45) is 0. The van der Waals surface area contributed by atoms with Crippen LogP contribution in [0.25, 0.3) is 0 Å². The highest BCUT2D eigenvalue weighted by molar-refractivity contribution is 5.95. The summed E-state index contributed by atoms with van der Waals surface area (Å²) < 4.78 is 10.5. The van der Waals surface area contributed by atoms with Gasteiger partial charge in [0.05, 0.1) is 25.2 Å². The van der Waals surface area contributed by atoms with Crippen molar-refractivity contribution in [1.82, 2.24) is 5.32 Å². The van der Waals surface area contributed by atoms with Gasteiger partial charge in [-0.1, -0.05) is 0 Å². The van der Waals surface area contributed by atoms with Gasteiger partial charge in [0.1, 0.15) is 11.5 Å². The molecule has 0 saturated carbocycles. The molecule has 2 aromatic rings. The number of carbonyl (C=O) groups is 1. The van der Waals surface area contributed by atoms with E-state index in [1.54, 1.807) is 39.3 Å². The second-order valence-corrected chi connectivity index (χ2v) is 5.56. The Morgan fingerprint density at radius 1 is 1.16 bits per heavy atom. The van der Waals surface area contributed by atoms with Crippen LogP contribution in [0.15, 0.2) is 36.4 Å². The van der Waals surface area contributed by atoms with Crippen LogP contribution in [0.3, 0.4) is 0 Å². The molecular weight excluding hydrogens is 324 g/mol. The van der Waals surface area contributed by atoms with Crippen LogP contribution >= 0.6 is 0 Å². The Labute approximate surface area is 145 Å². The highest BCUT2D eigenvalue weighted by Gasteiger charge is 2.18. The lowest BCUT2D eigenvalue weighted by Gasteiger charge is -2.18. The van der Waals surface area contributed by atoms with E-state index in [0.717, 1.165) is 5.56 Å². The number of hydrogen-bond acceptors (Lipinski definition) is 5. The third-order valence-electron chi connectivity index (χ3n) is 3.91. The molecule has 25 heavy (non-hydrogen) atoms. The van der Waals surface area contributed by atoms with Crippen molar-refractivity contribution in [3.63, 3.8) is 0 Å². The summed E-state index contributed by atoms with van der Waals surface area (Å²) in [7, 11) is 3.12. The fourth-order valence-corrected chi connectivity index (χ4v) is 2.54. The van der Waals surface area contributed by atoms with Crippen molar-refractivity contribution >= 4 is 11.6 Å². The van der Waals surface area contributed by atoms with Crippen LogP contribution in [0.2, 0.25) is 0 Å². The van der Waals surface area contributed by atoms with E-state index < -0.39 is 4.92 Å². The number of carbonyl (C=O) groups excluding carboxylic acids is 1. The second-order valence-electron chi connectivity index (χ2n) is 5.56. The molecular formula is C18H20N2O5. The summed E-state index contributed by atoms with van der Waals surface area (Å²) >= 11 is 0. The first-order valence-electron chi connectivity index (χ1n) is 7.65. The Hall–Kier alpha value is -3.09. The van der Waals surface area contributed by atoms with E-state index in [-0.39, 0.29) is 17.6 Å². The number of rotatable bonds is 6. The van der Waals surface area contributed by atoms with Crippen LogP contribution in [-0.2, 0) is 0 Å². The van der Waals surface area contributed by atoms with E-state index in [1.807, 2.05) is 6.92 Å². The average Bonchev–Trinajstić information content (AvgIpc) is 2.60. The van der Waals surface area contributed by atoms with Crippen LogP contribution in [-0.4, -0.2) is 25.1 Å². The molecule has 132 valence electrons. The molecule has 1 N–H and O–H groups in total. The Bertz CT molecular complexity index is 804. The van der Waals surface area contributed by atoms with Crippen molar-refractivity contribution in [3.8, 4) is 11.5 Å². The fraction of sp³-hybridized carbons (Fsp3) is 0.278. The average molecular weight is 344 g/mol. The van der Waals surface area contributed by atoms with Crippen LogP contribution in [0.5, 0.6) is 11.5 Å². The topological polar surface area (TPSA) is 90.7 Å². The number of nitro benzene ring substituents is 1.